The summed E-state index contributed by atoms with van der Waals surface area (Å²) < 4.78 is 48.0. The number of carbonyl (C=O) groups excluding carboxylic acids is 5. The van der Waals surface area contributed by atoms with Crippen LogP contribution in [-0.4, -0.2) is 168 Å². The van der Waals surface area contributed by atoms with Crippen molar-refractivity contribution in [1.82, 2.24) is 4.90 Å². The van der Waals surface area contributed by atoms with E-state index in [2.05, 4.69) is 20.6 Å². The van der Waals surface area contributed by atoms with Gasteiger partial charge in [-0.25, -0.2) is 14.0 Å². The number of halogens is 1. The van der Waals surface area contributed by atoms with Crippen LogP contribution in [0.4, 0.5) is 36.7 Å². The van der Waals surface area contributed by atoms with Crippen molar-refractivity contribution in [3.63, 3.8) is 0 Å². The van der Waals surface area contributed by atoms with Crippen LogP contribution in [0.2, 0.25) is 0 Å². The highest BCUT2D eigenvalue weighted by atomic mass is 18.2. The monoisotopic (exact) mass is 1310 g/mol. The molecular weight excluding hydrogens is 1220 g/mol. The number of aliphatic imine (C=N–C) groups is 2. The lowest BCUT2D eigenvalue weighted by atomic mass is 9.87. The van der Waals surface area contributed by atoms with Crippen molar-refractivity contribution in [2.75, 3.05) is 52.2 Å². The lowest BCUT2D eigenvalue weighted by Crippen LogP contribution is -2.37. The molecule has 0 saturated carbocycles. The Balaban J connectivity index is 1.49. The predicted molar refractivity (Wildman–Crippen MR) is 355 cm³/mol. The van der Waals surface area contributed by atoms with Gasteiger partial charge in [-0.15, -0.1) is 0 Å². The number of hydrogen-bond acceptors (Lipinski definition) is 19. The lowest BCUT2D eigenvalue weighted by Gasteiger charge is -2.29. The summed E-state index contributed by atoms with van der Waals surface area (Å²) in [5.74, 6) is -5.84. The van der Waals surface area contributed by atoms with E-state index in [1.807, 2.05) is 13.8 Å². The standard InChI is InChI=1S/C69H92FN7O17/c1-37-29-47-57(51(78)35-49(61(47)82)75-65(84)39(3)17-13-19-53(89-9)63(93-68(71)87)43(7)33-41(5)59(80)55(31-37)91-11)73-25-15-27-77(67(86)45-21-23-46(70)24-22-45)28-16-26-74-58-48-30-38(2)32-56(92-12)60(81)42(6)34-44(8)64(94-69(72)88)54(90-10)20-14-18-40(4)66(85)76-50(62(48)83)36-52(58)79/h13-14,17-26,33-38,41-42,53-56,59-60,63-64,78-83H,15-16,27-32H2,1-12H3,(H2,71,87)(H2,72,88)(H,75,84)(H,76,85)/t37-,38+,41+,42-,53+,54-,55+,56-,59-,60+,63+,64-/i70-1. The number of phenols is 4. The average molecular weight is 1310 g/mol. The summed E-state index contributed by atoms with van der Waals surface area (Å²) in [6.07, 6.45) is 6.47. The zero-order chi connectivity index (χ0) is 69.7. The van der Waals surface area contributed by atoms with Crippen LogP contribution in [-0.2, 0) is 50.9 Å². The van der Waals surface area contributed by atoms with Gasteiger partial charge in [-0.3, -0.25) is 24.4 Å². The maximum absolute atomic E-state index is 14.2. The molecule has 2 heterocycles. The number of aliphatic hydroxyl groups excluding tert-OH is 2. The zero-order valence-corrected chi connectivity index (χ0v) is 55.4. The Bertz CT molecular complexity index is 3210. The van der Waals surface area contributed by atoms with Gasteiger partial charge in [0.15, 0.2) is 12.2 Å². The summed E-state index contributed by atoms with van der Waals surface area (Å²) in [6.45, 7) is 13.7. The van der Waals surface area contributed by atoms with E-state index in [1.54, 1.807) is 52.0 Å². The molecule has 0 aliphatic carbocycles. The first-order valence-electron chi connectivity index (χ1n) is 30.9. The molecule has 0 unspecified atom stereocenters. The molecule has 5 rings (SSSR count). The zero-order valence-electron chi connectivity index (χ0n) is 55.4. The predicted octanol–water partition coefficient (Wildman–Crippen LogP) is 9.60. The molecule has 0 spiro atoms. The number of anilines is 2. The van der Waals surface area contributed by atoms with E-state index in [1.165, 1.54) is 96.1 Å². The highest BCUT2D eigenvalue weighted by Gasteiger charge is 2.33. The molecule has 12 atom stereocenters. The Morgan fingerprint density at radius 3 is 1.36 bits per heavy atom. The van der Waals surface area contributed by atoms with Crippen molar-refractivity contribution >= 4 is 65.1 Å². The fourth-order valence-electron chi connectivity index (χ4n) is 11.3. The molecule has 3 aromatic carbocycles. The van der Waals surface area contributed by atoms with Crippen LogP contribution in [0.5, 0.6) is 23.0 Å². The second-order valence-electron chi connectivity index (χ2n) is 23.9. The van der Waals surface area contributed by atoms with Crippen LogP contribution in [0.3, 0.4) is 0 Å². The first-order chi connectivity index (χ1) is 44.5. The minimum absolute atomic E-state index is 0.00230. The first-order valence-corrected chi connectivity index (χ1v) is 30.9. The number of primary amides is 2. The third kappa shape index (κ3) is 21.1. The van der Waals surface area contributed by atoms with Crippen molar-refractivity contribution in [2.45, 2.75) is 143 Å². The average Bonchev–Trinajstić information content (AvgIpc) is 0.859. The van der Waals surface area contributed by atoms with Crippen LogP contribution in [0.1, 0.15) is 103 Å². The summed E-state index contributed by atoms with van der Waals surface area (Å²) >= 11 is 0. The van der Waals surface area contributed by atoms with E-state index in [-0.39, 0.29) is 114 Å². The summed E-state index contributed by atoms with van der Waals surface area (Å²) in [7, 11) is 5.70. The number of nitrogens with two attached hydrogens (primary N) is 2. The number of allylic oxidation sites excluding steroid dienone is 4. The van der Waals surface area contributed by atoms with Crippen molar-refractivity contribution in [3.05, 3.63) is 130 Å². The number of nitrogens with one attached hydrogen (secondary N) is 2. The van der Waals surface area contributed by atoms with Gasteiger partial charge in [-0.05, 0) is 101 Å². The number of rotatable bonds is 15. The normalized spacial score (nSPS) is 25.0. The molecule has 12 N–H and O–H groups in total. The minimum Gasteiger partial charge on any atom is -0.506 e. The molecule has 0 radical (unpaired) electrons. The van der Waals surface area contributed by atoms with E-state index < -0.39 is 119 Å². The van der Waals surface area contributed by atoms with Crippen LogP contribution in [0.25, 0.3) is 0 Å². The second kappa shape index (κ2) is 36.1. The van der Waals surface area contributed by atoms with Crippen molar-refractivity contribution in [1.29, 1.82) is 0 Å². The van der Waals surface area contributed by atoms with Crippen molar-refractivity contribution in [2.24, 2.45) is 45.1 Å². The molecule has 2 aliphatic heterocycles. The van der Waals surface area contributed by atoms with Gasteiger partial charge < -0.3 is 86.1 Å². The largest absolute Gasteiger partial charge is 0.506 e. The van der Waals surface area contributed by atoms with Gasteiger partial charge >= 0.3 is 12.2 Å². The number of nitrogens with zero attached hydrogens (tertiary/aromatic N) is 3. The van der Waals surface area contributed by atoms with E-state index >= 15 is 0 Å². The number of aliphatic hydroxyl groups is 2. The molecular formula is C69H92FN7O17. The molecule has 0 aromatic heterocycles. The van der Waals surface area contributed by atoms with Gasteiger partial charge in [-0.2, -0.15) is 0 Å². The Kier molecular flexibility index (Phi) is 29.2. The van der Waals surface area contributed by atoms with Gasteiger partial charge in [0.1, 0.15) is 52.4 Å². The number of fused-ring (bicyclic) bond motifs is 4. The van der Waals surface area contributed by atoms with Crippen molar-refractivity contribution in [3.8, 4) is 23.0 Å². The van der Waals surface area contributed by atoms with Gasteiger partial charge in [0.05, 0.1) is 35.8 Å². The van der Waals surface area contributed by atoms with E-state index in [4.69, 9.17) is 39.9 Å². The summed E-state index contributed by atoms with van der Waals surface area (Å²) in [6, 6.07) is 7.28. The SMILES string of the molecule is CO[C@H]1C=CC=C(C)C(=O)Nc2cc(O)c(N=CCCN(CCC=Nc3c(O)cc4c(O)c3C[C@H](C)C[C@@H](OC)[C@@H](O)[C@H](C)C=C(C)[C@@H](OC(N)=O)[C@H](OC)C=CC=C(C)C(=O)N4)C(=O)c3ccc([18F])cc3)c(c2O)C[C@@H](C)C[C@H](OC)[C@H](O)[C@@H](C)C=C(C)[C@@H]1OC(N)=O. The fraction of sp³-hybridized carbons (Fsp3) is 0.464. The van der Waals surface area contributed by atoms with Crippen LogP contribution in [0, 0.1) is 29.5 Å². The third-order valence-electron chi connectivity index (χ3n) is 16.5. The second-order valence-corrected chi connectivity index (χ2v) is 23.9. The minimum atomic E-state index is -1.10. The number of phenolic OH excluding ortho intramolecular Hbond substituents is 4. The number of aromatic hydroxyl groups is 4. The Morgan fingerprint density at radius 1 is 0.628 bits per heavy atom. The molecule has 0 fully saturated rings. The Hall–Kier alpha value is -8.72. The van der Waals surface area contributed by atoms with Crippen LogP contribution >= 0.6 is 0 Å². The van der Waals surface area contributed by atoms with E-state index in [9.17, 15) is 59.0 Å². The number of benzene rings is 3. The molecule has 94 heavy (non-hydrogen) atoms. The van der Waals surface area contributed by atoms with E-state index in [0.29, 0.717) is 11.1 Å². The van der Waals surface area contributed by atoms with Gasteiger partial charge in [-0.1, -0.05) is 76.3 Å². The fourth-order valence-corrected chi connectivity index (χ4v) is 11.3. The molecule has 3 aromatic rings. The van der Waals surface area contributed by atoms with Crippen LogP contribution < -0.4 is 22.1 Å². The van der Waals surface area contributed by atoms with E-state index in [0.717, 1.165) is 24.3 Å². The molecule has 24 nitrogen and oxygen atoms in total. The molecule has 5 amide bonds. The molecule has 25 heteroatoms. The Labute approximate surface area is 548 Å². The number of hydrogen-bond donors (Lipinski definition) is 10. The summed E-state index contributed by atoms with van der Waals surface area (Å²) in [5, 5.41) is 75.9. The summed E-state index contributed by atoms with van der Waals surface area (Å²) in [4.78, 5) is 76.3. The number of carbonyl (C=O) groups is 5. The summed E-state index contributed by atoms with van der Waals surface area (Å²) in [5.41, 5.74) is 12.4. The van der Waals surface area contributed by atoms with Gasteiger partial charge in [0.2, 0.25) is 0 Å². The molecule has 4 bridgehead atoms. The molecule has 0 saturated heterocycles. The quantitative estimate of drug-likeness (QED) is 0.0293. The van der Waals surface area contributed by atoms with Crippen LogP contribution in [0.15, 0.2) is 117 Å². The smallest absolute Gasteiger partial charge is 0.405 e. The maximum atomic E-state index is 14.2. The highest BCUT2D eigenvalue weighted by molar-refractivity contribution is 6.06. The highest BCUT2D eigenvalue weighted by Crippen LogP contribution is 2.46. The Morgan fingerprint density at radius 2 is 1.01 bits per heavy atom. The lowest BCUT2D eigenvalue weighted by molar-refractivity contribution is -0.113. The third-order valence-corrected chi connectivity index (χ3v) is 16.5. The first kappa shape index (κ1) is 76.0. The van der Waals surface area contributed by atoms with Gasteiger partial charge in [0.25, 0.3) is 17.7 Å². The van der Waals surface area contributed by atoms with Crippen molar-refractivity contribution < 1.29 is 87.4 Å². The number of ether oxygens (including phenoxy) is 6. The number of methoxy groups -OCH3 is 4. The maximum Gasteiger partial charge on any atom is 0.405 e. The molecule has 512 valence electrons. The topological polar surface area (TPSA) is 366 Å². The molecule has 2 aliphatic rings. The van der Waals surface area contributed by atoms with Gasteiger partial charge in [0, 0.05) is 119 Å². The number of amides is 5.